The minimum absolute atomic E-state index is 0. The second-order valence-electron chi connectivity index (χ2n) is 6.91. The van der Waals surface area contributed by atoms with Crippen molar-refractivity contribution in [3.05, 3.63) is 59.9 Å². The number of ether oxygens (including phenoxy) is 1. The molecule has 2 heterocycles. The number of aryl methyl sites for hydroxylation is 1. The van der Waals surface area contributed by atoms with E-state index in [4.69, 9.17) is 4.74 Å². The molecule has 2 aromatic rings. The largest absolute Gasteiger partial charge is 0.373 e. The molecule has 0 aliphatic carbocycles. The highest BCUT2D eigenvalue weighted by molar-refractivity contribution is 14.0. The summed E-state index contributed by atoms with van der Waals surface area (Å²) in [4.78, 5) is 4.35. The van der Waals surface area contributed by atoms with Gasteiger partial charge in [0.05, 0.1) is 6.10 Å². The number of nitrogens with zero attached hydrogens (tertiary/aromatic N) is 2. The highest BCUT2D eigenvalue weighted by atomic mass is 127. The molecule has 0 radical (unpaired) electrons. The van der Waals surface area contributed by atoms with Crippen molar-refractivity contribution in [3.8, 4) is 0 Å². The summed E-state index contributed by atoms with van der Waals surface area (Å²) in [5.74, 6) is 1.31. The predicted octanol–water partition coefficient (Wildman–Crippen LogP) is 3.75. The molecule has 0 bridgehead atoms. The third-order valence-electron chi connectivity index (χ3n) is 4.93. The van der Waals surface area contributed by atoms with Gasteiger partial charge in [0.1, 0.15) is 0 Å². The fourth-order valence-corrected chi connectivity index (χ4v) is 3.45. The quantitative estimate of drug-likeness (QED) is 0.375. The lowest BCUT2D eigenvalue weighted by atomic mass is 9.89. The highest BCUT2D eigenvalue weighted by Crippen LogP contribution is 2.33. The fourth-order valence-electron chi connectivity index (χ4n) is 3.45. The highest BCUT2D eigenvalue weighted by Gasteiger charge is 2.27. The molecule has 3 rings (SSSR count). The SMILES string of the molecule is CN=C(NCCn1cccc1)NCC1CCCOC1c1ccc(C)cc1.I. The fraction of sp³-hybridized carbons (Fsp3) is 0.476. The van der Waals surface area contributed by atoms with Gasteiger partial charge in [-0.25, -0.2) is 0 Å². The maximum absolute atomic E-state index is 6.11. The van der Waals surface area contributed by atoms with Crippen LogP contribution < -0.4 is 10.6 Å². The Kier molecular flexibility index (Phi) is 9.14. The maximum atomic E-state index is 6.11. The average Bonchev–Trinajstić information content (AvgIpc) is 3.19. The van der Waals surface area contributed by atoms with Crippen LogP contribution in [-0.2, 0) is 11.3 Å². The van der Waals surface area contributed by atoms with Crippen molar-refractivity contribution in [2.45, 2.75) is 32.4 Å². The summed E-state index contributed by atoms with van der Waals surface area (Å²) in [6.07, 6.45) is 6.60. The Morgan fingerprint density at radius 3 is 2.63 bits per heavy atom. The number of aromatic nitrogens is 1. The van der Waals surface area contributed by atoms with Crippen LogP contribution in [0.25, 0.3) is 0 Å². The van der Waals surface area contributed by atoms with Crippen LogP contribution in [0.3, 0.4) is 0 Å². The van der Waals surface area contributed by atoms with E-state index in [2.05, 4.69) is 63.8 Å². The molecule has 1 aliphatic rings. The van der Waals surface area contributed by atoms with Gasteiger partial charge in [-0.3, -0.25) is 4.99 Å². The number of nitrogens with one attached hydrogen (secondary N) is 2. The van der Waals surface area contributed by atoms with Crippen LogP contribution in [0, 0.1) is 12.8 Å². The van der Waals surface area contributed by atoms with Gasteiger partial charge >= 0.3 is 0 Å². The standard InChI is InChI=1S/C21H30N4O.HI/c1-17-7-9-18(10-8-17)20-19(6-5-15-26-20)16-24-21(22-2)23-11-14-25-12-3-4-13-25;/h3-4,7-10,12-13,19-20H,5-6,11,14-16H2,1-2H3,(H2,22,23,24);1H. The lowest BCUT2D eigenvalue weighted by Crippen LogP contribution is -2.42. The van der Waals surface area contributed by atoms with E-state index in [1.165, 1.54) is 17.5 Å². The van der Waals surface area contributed by atoms with Gasteiger partial charge in [-0.15, -0.1) is 24.0 Å². The number of aliphatic imine (C=N–C) groups is 1. The number of guanidine groups is 1. The Balaban J connectivity index is 0.00000261. The van der Waals surface area contributed by atoms with Crippen LogP contribution in [0.4, 0.5) is 0 Å². The normalized spacial score (nSPS) is 20.0. The van der Waals surface area contributed by atoms with Gasteiger partial charge in [-0.2, -0.15) is 0 Å². The van der Waals surface area contributed by atoms with Crippen molar-refractivity contribution < 1.29 is 4.74 Å². The molecule has 5 nitrogen and oxygen atoms in total. The molecule has 2 N–H and O–H groups in total. The number of benzene rings is 1. The van der Waals surface area contributed by atoms with Gasteiger partial charge in [-0.1, -0.05) is 29.8 Å². The van der Waals surface area contributed by atoms with Crippen molar-refractivity contribution in [1.82, 2.24) is 15.2 Å². The molecule has 1 aromatic heterocycles. The van der Waals surface area contributed by atoms with Gasteiger partial charge in [-0.05, 0) is 37.5 Å². The first kappa shape index (κ1) is 21.8. The lowest BCUT2D eigenvalue weighted by Gasteiger charge is -2.32. The van der Waals surface area contributed by atoms with Crippen molar-refractivity contribution in [2.75, 3.05) is 26.7 Å². The van der Waals surface area contributed by atoms with Crippen molar-refractivity contribution in [3.63, 3.8) is 0 Å². The monoisotopic (exact) mass is 482 g/mol. The zero-order chi connectivity index (χ0) is 18.2. The Hall–Kier alpha value is -1.54. The van der Waals surface area contributed by atoms with Crippen LogP contribution >= 0.6 is 24.0 Å². The molecule has 2 atom stereocenters. The van der Waals surface area contributed by atoms with Crippen LogP contribution in [0.2, 0.25) is 0 Å². The van der Waals surface area contributed by atoms with Crippen molar-refractivity contribution in [2.24, 2.45) is 10.9 Å². The topological polar surface area (TPSA) is 50.6 Å². The summed E-state index contributed by atoms with van der Waals surface area (Å²) in [7, 11) is 1.82. The summed E-state index contributed by atoms with van der Waals surface area (Å²) >= 11 is 0. The molecule has 2 unspecified atom stereocenters. The van der Waals surface area contributed by atoms with Gasteiger partial charge in [0.25, 0.3) is 0 Å². The van der Waals surface area contributed by atoms with Gasteiger partial charge in [0.2, 0.25) is 0 Å². The molecular weight excluding hydrogens is 451 g/mol. The number of hydrogen-bond donors (Lipinski definition) is 2. The van der Waals surface area contributed by atoms with E-state index in [0.717, 1.165) is 38.6 Å². The van der Waals surface area contributed by atoms with E-state index in [0.29, 0.717) is 5.92 Å². The lowest BCUT2D eigenvalue weighted by molar-refractivity contribution is -0.0265. The molecule has 148 valence electrons. The van der Waals surface area contributed by atoms with Crippen LogP contribution in [0.5, 0.6) is 0 Å². The number of halogens is 1. The molecule has 0 spiro atoms. The van der Waals surface area contributed by atoms with Crippen molar-refractivity contribution in [1.29, 1.82) is 0 Å². The summed E-state index contributed by atoms with van der Waals surface area (Å²) < 4.78 is 8.26. The van der Waals surface area contributed by atoms with Crippen molar-refractivity contribution >= 4 is 29.9 Å². The van der Waals surface area contributed by atoms with E-state index in [1.807, 2.05) is 19.2 Å². The number of rotatable bonds is 6. The Morgan fingerprint density at radius 2 is 1.93 bits per heavy atom. The molecule has 1 aliphatic heterocycles. The summed E-state index contributed by atoms with van der Waals surface area (Å²) in [6, 6.07) is 12.8. The van der Waals surface area contributed by atoms with E-state index < -0.39 is 0 Å². The molecular formula is C21H31IN4O. The van der Waals surface area contributed by atoms with Gasteiger partial charge in [0.15, 0.2) is 5.96 Å². The number of hydrogen-bond acceptors (Lipinski definition) is 2. The second-order valence-corrected chi connectivity index (χ2v) is 6.91. The van der Waals surface area contributed by atoms with Crippen LogP contribution in [0.15, 0.2) is 53.8 Å². The van der Waals surface area contributed by atoms with E-state index >= 15 is 0 Å². The second kappa shape index (κ2) is 11.3. The summed E-state index contributed by atoms with van der Waals surface area (Å²) in [5.41, 5.74) is 2.56. The minimum Gasteiger partial charge on any atom is -0.373 e. The summed E-state index contributed by atoms with van der Waals surface area (Å²) in [5, 5.41) is 6.87. The molecule has 1 saturated heterocycles. The van der Waals surface area contributed by atoms with E-state index in [1.54, 1.807) is 0 Å². The molecule has 0 amide bonds. The third kappa shape index (κ3) is 6.53. The van der Waals surface area contributed by atoms with Crippen LogP contribution in [-0.4, -0.2) is 37.3 Å². The summed E-state index contributed by atoms with van der Waals surface area (Å²) in [6.45, 7) is 5.59. The molecule has 6 heteroatoms. The third-order valence-corrected chi connectivity index (χ3v) is 4.93. The molecule has 1 fully saturated rings. The first-order valence-electron chi connectivity index (χ1n) is 9.49. The zero-order valence-corrected chi connectivity index (χ0v) is 18.6. The Morgan fingerprint density at radius 1 is 1.19 bits per heavy atom. The van der Waals surface area contributed by atoms with E-state index in [9.17, 15) is 0 Å². The van der Waals surface area contributed by atoms with Gasteiger partial charge < -0.3 is 19.9 Å². The first-order chi connectivity index (χ1) is 12.8. The van der Waals surface area contributed by atoms with Crippen LogP contribution in [0.1, 0.15) is 30.1 Å². The smallest absolute Gasteiger partial charge is 0.191 e. The predicted molar refractivity (Wildman–Crippen MR) is 122 cm³/mol. The molecule has 0 saturated carbocycles. The molecule has 27 heavy (non-hydrogen) atoms. The zero-order valence-electron chi connectivity index (χ0n) is 16.2. The van der Waals surface area contributed by atoms with E-state index in [-0.39, 0.29) is 30.1 Å². The minimum atomic E-state index is 0. The Bertz CT molecular complexity index is 685. The first-order valence-corrected chi connectivity index (χ1v) is 9.49. The average molecular weight is 482 g/mol. The van der Waals surface area contributed by atoms with Gasteiger partial charge in [0, 0.05) is 51.6 Å². The Labute approximate surface area is 179 Å². The maximum Gasteiger partial charge on any atom is 0.191 e. The molecule has 1 aromatic carbocycles.